The first-order chi connectivity index (χ1) is 11.6. The fraction of sp³-hybridized carbons (Fsp3) is 0.158. The number of ether oxygens (including phenoxy) is 1. The number of ketones is 1. The standard InChI is InChI=1S/C19H16FNO3/c1-24-19(23)14-11-13(20)7-8-15(14)21-16-9-10-17(22)18(16)12-5-3-2-4-6-12/h2-11,16,18,21H,1H3/t16-,18+/m1/s1. The van der Waals surface area contributed by atoms with Crippen molar-refractivity contribution >= 4 is 17.4 Å². The minimum Gasteiger partial charge on any atom is -0.465 e. The number of rotatable bonds is 4. The summed E-state index contributed by atoms with van der Waals surface area (Å²) in [6.07, 6.45) is 3.28. The minimum atomic E-state index is -0.637. The number of methoxy groups -OCH3 is 1. The third-order valence-electron chi connectivity index (χ3n) is 4.00. The molecule has 0 saturated carbocycles. The maximum Gasteiger partial charge on any atom is 0.340 e. The first-order valence-corrected chi connectivity index (χ1v) is 7.51. The topological polar surface area (TPSA) is 55.4 Å². The summed E-state index contributed by atoms with van der Waals surface area (Å²) >= 11 is 0. The number of hydrogen-bond acceptors (Lipinski definition) is 4. The van der Waals surface area contributed by atoms with Gasteiger partial charge in [-0.05, 0) is 29.8 Å². The minimum absolute atomic E-state index is 0.0135. The van der Waals surface area contributed by atoms with E-state index in [4.69, 9.17) is 4.74 Å². The van der Waals surface area contributed by atoms with E-state index in [1.165, 1.54) is 25.3 Å². The Balaban J connectivity index is 1.92. The Morgan fingerprint density at radius 1 is 1.17 bits per heavy atom. The van der Waals surface area contributed by atoms with Crippen LogP contribution < -0.4 is 5.32 Å². The van der Waals surface area contributed by atoms with Crippen molar-refractivity contribution in [3.63, 3.8) is 0 Å². The molecule has 122 valence electrons. The number of allylic oxidation sites excluding steroid dienone is 1. The van der Waals surface area contributed by atoms with Gasteiger partial charge in [0.2, 0.25) is 0 Å². The summed E-state index contributed by atoms with van der Waals surface area (Å²) in [5.74, 6) is -1.57. The lowest BCUT2D eigenvalue weighted by molar-refractivity contribution is -0.115. The number of carbonyl (C=O) groups is 2. The predicted molar refractivity (Wildman–Crippen MR) is 88.5 cm³/mol. The second-order valence-corrected chi connectivity index (χ2v) is 5.50. The molecule has 0 radical (unpaired) electrons. The molecule has 0 heterocycles. The number of carbonyl (C=O) groups excluding carboxylic acids is 2. The molecule has 1 N–H and O–H groups in total. The van der Waals surface area contributed by atoms with Crippen molar-refractivity contribution in [3.05, 3.63) is 77.6 Å². The maximum atomic E-state index is 13.5. The first kappa shape index (κ1) is 15.9. The van der Waals surface area contributed by atoms with E-state index in [1.54, 1.807) is 6.08 Å². The highest BCUT2D eigenvalue weighted by molar-refractivity contribution is 6.00. The van der Waals surface area contributed by atoms with Crippen molar-refractivity contribution < 1.29 is 18.7 Å². The van der Waals surface area contributed by atoms with Crippen LogP contribution in [0.15, 0.2) is 60.7 Å². The van der Waals surface area contributed by atoms with Gasteiger partial charge in [-0.3, -0.25) is 4.79 Å². The molecule has 2 aromatic rings. The number of esters is 1. The molecule has 0 saturated heterocycles. The lowest BCUT2D eigenvalue weighted by atomic mass is 9.92. The summed E-state index contributed by atoms with van der Waals surface area (Å²) in [4.78, 5) is 24.1. The summed E-state index contributed by atoms with van der Waals surface area (Å²) in [6.45, 7) is 0. The van der Waals surface area contributed by atoms with Gasteiger partial charge >= 0.3 is 5.97 Å². The maximum absolute atomic E-state index is 13.5. The van der Waals surface area contributed by atoms with E-state index in [9.17, 15) is 14.0 Å². The molecule has 3 rings (SSSR count). The molecule has 0 fully saturated rings. The lowest BCUT2D eigenvalue weighted by Gasteiger charge is -2.22. The molecule has 0 bridgehead atoms. The van der Waals surface area contributed by atoms with Gasteiger partial charge < -0.3 is 10.1 Å². The number of nitrogens with one attached hydrogen (secondary N) is 1. The van der Waals surface area contributed by atoms with Crippen molar-refractivity contribution in [2.24, 2.45) is 0 Å². The van der Waals surface area contributed by atoms with Crippen LogP contribution in [0.25, 0.3) is 0 Å². The van der Waals surface area contributed by atoms with Gasteiger partial charge in [0, 0.05) is 5.69 Å². The van der Waals surface area contributed by atoms with Crippen LogP contribution in [0.2, 0.25) is 0 Å². The van der Waals surface area contributed by atoms with E-state index in [-0.39, 0.29) is 23.3 Å². The third kappa shape index (κ3) is 3.06. The molecule has 4 nitrogen and oxygen atoms in total. The molecule has 1 aliphatic rings. The summed E-state index contributed by atoms with van der Waals surface area (Å²) in [5, 5.41) is 3.16. The first-order valence-electron chi connectivity index (χ1n) is 7.51. The molecular weight excluding hydrogens is 309 g/mol. The Labute approximate surface area is 138 Å². The van der Waals surface area contributed by atoms with Gasteiger partial charge in [-0.25, -0.2) is 9.18 Å². The Morgan fingerprint density at radius 2 is 1.92 bits per heavy atom. The van der Waals surface area contributed by atoms with Crippen LogP contribution >= 0.6 is 0 Å². The van der Waals surface area contributed by atoms with E-state index < -0.39 is 11.8 Å². The SMILES string of the molecule is COC(=O)c1cc(F)ccc1N[C@@H]1C=CC(=O)[C@H]1c1ccccc1. The molecule has 24 heavy (non-hydrogen) atoms. The second-order valence-electron chi connectivity index (χ2n) is 5.50. The molecule has 0 aliphatic heterocycles. The van der Waals surface area contributed by atoms with Crippen LogP contribution in [0, 0.1) is 5.82 Å². The van der Waals surface area contributed by atoms with Gasteiger partial charge in [-0.15, -0.1) is 0 Å². The van der Waals surface area contributed by atoms with Crippen LogP contribution in [-0.4, -0.2) is 24.9 Å². The van der Waals surface area contributed by atoms with Gasteiger partial charge in [0.15, 0.2) is 5.78 Å². The smallest absolute Gasteiger partial charge is 0.340 e. The van der Waals surface area contributed by atoms with Crippen LogP contribution in [0.3, 0.4) is 0 Å². The average molecular weight is 325 g/mol. The summed E-state index contributed by atoms with van der Waals surface area (Å²) in [7, 11) is 1.24. The van der Waals surface area contributed by atoms with Crippen molar-refractivity contribution in [1.29, 1.82) is 0 Å². The van der Waals surface area contributed by atoms with E-state index in [2.05, 4.69) is 5.32 Å². The third-order valence-corrected chi connectivity index (χ3v) is 4.00. The number of benzene rings is 2. The highest BCUT2D eigenvalue weighted by atomic mass is 19.1. The Hall–Kier alpha value is -2.95. The summed E-state index contributed by atoms with van der Waals surface area (Å²) < 4.78 is 18.2. The van der Waals surface area contributed by atoms with Crippen LogP contribution in [0.4, 0.5) is 10.1 Å². The molecule has 0 spiro atoms. The second kappa shape index (κ2) is 6.66. The molecule has 1 aliphatic carbocycles. The van der Waals surface area contributed by atoms with Crippen molar-refractivity contribution in [2.45, 2.75) is 12.0 Å². The molecule has 5 heteroatoms. The zero-order valence-electron chi connectivity index (χ0n) is 13.0. The normalized spacial score (nSPS) is 19.3. The summed E-state index contributed by atoms with van der Waals surface area (Å²) in [6, 6.07) is 12.9. The van der Waals surface area contributed by atoms with Crippen molar-refractivity contribution in [3.8, 4) is 0 Å². The van der Waals surface area contributed by atoms with E-state index in [0.717, 1.165) is 11.6 Å². The Kier molecular flexibility index (Phi) is 4.42. The van der Waals surface area contributed by atoms with Crippen LogP contribution in [0.5, 0.6) is 0 Å². The predicted octanol–water partition coefficient (Wildman–Crippen LogP) is 3.32. The number of hydrogen-bond donors (Lipinski definition) is 1. The summed E-state index contributed by atoms with van der Waals surface area (Å²) in [5.41, 5.74) is 1.40. The Morgan fingerprint density at radius 3 is 2.62 bits per heavy atom. The highest BCUT2D eigenvalue weighted by Crippen LogP contribution is 2.30. The largest absolute Gasteiger partial charge is 0.465 e. The van der Waals surface area contributed by atoms with Gasteiger partial charge in [-0.2, -0.15) is 0 Å². The van der Waals surface area contributed by atoms with E-state index in [0.29, 0.717) is 5.69 Å². The van der Waals surface area contributed by atoms with E-state index >= 15 is 0 Å². The molecule has 0 aromatic heterocycles. The van der Waals surface area contributed by atoms with Crippen LogP contribution in [-0.2, 0) is 9.53 Å². The van der Waals surface area contributed by atoms with E-state index in [1.807, 2.05) is 30.3 Å². The molecule has 0 amide bonds. The van der Waals surface area contributed by atoms with Gasteiger partial charge in [0.05, 0.1) is 24.6 Å². The molecular formula is C19H16FNO3. The van der Waals surface area contributed by atoms with Crippen molar-refractivity contribution in [1.82, 2.24) is 0 Å². The lowest BCUT2D eigenvalue weighted by Crippen LogP contribution is -2.27. The Bertz CT molecular complexity index is 802. The van der Waals surface area contributed by atoms with Gasteiger partial charge in [0.1, 0.15) is 5.82 Å². The molecule has 0 unspecified atom stereocenters. The number of halogens is 1. The van der Waals surface area contributed by atoms with Gasteiger partial charge in [-0.1, -0.05) is 36.4 Å². The molecule has 2 atom stereocenters. The van der Waals surface area contributed by atoms with Crippen molar-refractivity contribution in [2.75, 3.05) is 12.4 Å². The number of anilines is 1. The zero-order chi connectivity index (χ0) is 17.1. The highest BCUT2D eigenvalue weighted by Gasteiger charge is 2.32. The monoisotopic (exact) mass is 325 g/mol. The fourth-order valence-electron chi connectivity index (χ4n) is 2.85. The van der Waals surface area contributed by atoms with Gasteiger partial charge in [0.25, 0.3) is 0 Å². The fourth-order valence-corrected chi connectivity index (χ4v) is 2.85. The average Bonchev–Trinajstić information content (AvgIpc) is 2.97. The quantitative estimate of drug-likeness (QED) is 0.876. The van der Waals surface area contributed by atoms with Crippen LogP contribution in [0.1, 0.15) is 21.8 Å². The zero-order valence-corrected chi connectivity index (χ0v) is 13.0. The molecule has 2 aromatic carbocycles.